The van der Waals surface area contributed by atoms with E-state index in [-0.39, 0.29) is 11.9 Å². The highest BCUT2D eigenvalue weighted by atomic mass is 16.5. The summed E-state index contributed by atoms with van der Waals surface area (Å²) in [5, 5.41) is 10.7. The van der Waals surface area contributed by atoms with Crippen LogP contribution in [0.5, 0.6) is 0 Å². The van der Waals surface area contributed by atoms with Gasteiger partial charge in [-0.3, -0.25) is 15.5 Å². The van der Waals surface area contributed by atoms with Crippen LogP contribution in [0.3, 0.4) is 0 Å². The molecule has 1 aromatic carbocycles. The number of rotatable bonds is 2. The standard InChI is InChI=1S/C12H11N3O2/c13-12-15-11(16)10(17-12)5-7-6-14-9-4-2-1-3-8(7)9/h1-4,6,10,14H,5H2,(H2,13,15,16)/t10-/m0/s1. The lowest BCUT2D eigenvalue weighted by molar-refractivity contribution is -0.123. The van der Waals surface area contributed by atoms with Crippen molar-refractivity contribution in [1.82, 2.24) is 10.3 Å². The van der Waals surface area contributed by atoms with Gasteiger partial charge in [0.05, 0.1) is 0 Å². The van der Waals surface area contributed by atoms with Crippen LogP contribution in [0.25, 0.3) is 10.9 Å². The molecule has 1 atom stereocenters. The van der Waals surface area contributed by atoms with E-state index in [0.29, 0.717) is 6.42 Å². The predicted octanol–water partition coefficient (Wildman–Crippen LogP) is 1.16. The maximum absolute atomic E-state index is 11.5. The van der Waals surface area contributed by atoms with Gasteiger partial charge in [0, 0.05) is 23.5 Å². The van der Waals surface area contributed by atoms with Crippen LogP contribution in [0.2, 0.25) is 0 Å². The molecule has 0 radical (unpaired) electrons. The molecule has 5 nitrogen and oxygen atoms in total. The third-order valence-corrected chi connectivity index (χ3v) is 2.87. The van der Waals surface area contributed by atoms with Crippen LogP contribution in [0, 0.1) is 5.41 Å². The number of nitrogens with one attached hydrogen (secondary N) is 3. The maximum Gasteiger partial charge on any atom is 0.289 e. The number of para-hydroxylation sites is 1. The highest BCUT2D eigenvalue weighted by Crippen LogP contribution is 2.20. The molecule has 2 heterocycles. The lowest BCUT2D eigenvalue weighted by atomic mass is 10.1. The van der Waals surface area contributed by atoms with Crippen molar-refractivity contribution < 1.29 is 9.53 Å². The van der Waals surface area contributed by atoms with E-state index < -0.39 is 6.10 Å². The number of ether oxygens (including phenoxy) is 1. The molecule has 5 heteroatoms. The number of hydrogen-bond donors (Lipinski definition) is 3. The molecule has 1 saturated heterocycles. The van der Waals surface area contributed by atoms with Crippen molar-refractivity contribution in [2.45, 2.75) is 12.5 Å². The highest BCUT2D eigenvalue weighted by molar-refractivity contribution is 6.01. The van der Waals surface area contributed by atoms with E-state index in [0.717, 1.165) is 16.5 Å². The molecule has 1 aromatic heterocycles. The van der Waals surface area contributed by atoms with Gasteiger partial charge in [-0.2, -0.15) is 0 Å². The van der Waals surface area contributed by atoms with Crippen molar-refractivity contribution in [3.63, 3.8) is 0 Å². The highest BCUT2D eigenvalue weighted by Gasteiger charge is 2.30. The minimum absolute atomic E-state index is 0.167. The third kappa shape index (κ3) is 1.65. The van der Waals surface area contributed by atoms with Gasteiger partial charge in [-0.1, -0.05) is 18.2 Å². The summed E-state index contributed by atoms with van der Waals surface area (Å²) in [7, 11) is 0. The van der Waals surface area contributed by atoms with Gasteiger partial charge in [-0.15, -0.1) is 0 Å². The fourth-order valence-electron chi connectivity index (χ4n) is 2.05. The third-order valence-electron chi connectivity index (χ3n) is 2.87. The van der Waals surface area contributed by atoms with E-state index in [1.165, 1.54) is 0 Å². The summed E-state index contributed by atoms with van der Waals surface area (Å²) in [6, 6.07) is 7.73. The number of H-pyrrole nitrogens is 1. The van der Waals surface area contributed by atoms with E-state index >= 15 is 0 Å². The van der Waals surface area contributed by atoms with E-state index in [9.17, 15) is 4.79 Å². The number of fused-ring (bicyclic) bond motifs is 1. The Morgan fingerprint density at radius 2 is 2.18 bits per heavy atom. The van der Waals surface area contributed by atoms with Gasteiger partial charge in [0.15, 0.2) is 6.10 Å². The van der Waals surface area contributed by atoms with Crippen LogP contribution >= 0.6 is 0 Å². The first-order valence-electron chi connectivity index (χ1n) is 5.35. The van der Waals surface area contributed by atoms with Crippen LogP contribution < -0.4 is 5.32 Å². The molecular formula is C12H11N3O2. The Balaban J connectivity index is 1.90. The number of amidine groups is 1. The number of carbonyl (C=O) groups is 1. The van der Waals surface area contributed by atoms with Crippen molar-refractivity contribution in [2.24, 2.45) is 0 Å². The molecule has 1 fully saturated rings. The number of aromatic amines is 1. The van der Waals surface area contributed by atoms with Crippen molar-refractivity contribution in [1.29, 1.82) is 5.41 Å². The van der Waals surface area contributed by atoms with E-state index in [4.69, 9.17) is 10.1 Å². The van der Waals surface area contributed by atoms with Crippen molar-refractivity contribution >= 4 is 22.8 Å². The minimum atomic E-state index is -0.596. The second kappa shape index (κ2) is 3.62. The maximum atomic E-state index is 11.5. The van der Waals surface area contributed by atoms with E-state index in [1.807, 2.05) is 30.5 Å². The minimum Gasteiger partial charge on any atom is -0.451 e. The molecule has 1 aliphatic heterocycles. The van der Waals surface area contributed by atoms with Crippen LogP contribution in [-0.4, -0.2) is 23.0 Å². The van der Waals surface area contributed by atoms with Gasteiger partial charge in [-0.25, -0.2) is 0 Å². The molecule has 17 heavy (non-hydrogen) atoms. The first-order valence-corrected chi connectivity index (χ1v) is 5.35. The molecule has 86 valence electrons. The van der Waals surface area contributed by atoms with Crippen molar-refractivity contribution in [3.8, 4) is 0 Å². The topological polar surface area (TPSA) is 78.0 Å². The van der Waals surface area contributed by atoms with E-state index in [2.05, 4.69) is 10.3 Å². The van der Waals surface area contributed by atoms with Crippen molar-refractivity contribution in [2.75, 3.05) is 0 Å². The molecule has 0 aliphatic carbocycles. The fourth-order valence-corrected chi connectivity index (χ4v) is 2.05. The molecule has 0 spiro atoms. The van der Waals surface area contributed by atoms with Crippen LogP contribution in [0.15, 0.2) is 30.5 Å². The largest absolute Gasteiger partial charge is 0.451 e. The molecule has 1 aliphatic rings. The molecule has 3 N–H and O–H groups in total. The lowest BCUT2D eigenvalue weighted by Gasteiger charge is -2.05. The average molecular weight is 229 g/mol. The van der Waals surface area contributed by atoms with Gasteiger partial charge in [0.25, 0.3) is 11.9 Å². The molecule has 0 bridgehead atoms. The Labute approximate surface area is 97.3 Å². The number of benzene rings is 1. The Bertz CT molecular complexity index is 603. The number of carbonyl (C=O) groups excluding carboxylic acids is 1. The molecule has 2 aromatic rings. The van der Waals surface area contributed by atoms with Gasteiger partial charge in [-0.05, 0) is 11.6 Å². The molecule has 1 amide bonds. The fraction of sp³-hybridized carbons (Fsp3) is 0.167. The lowest BCUT2D eigenvalue weighted by Crippen LogP contribution is -2.25. The SMILES string of the molecule is N=C1NC(=O)[C@H](Cc2c[nH]c3ccccc23)O1. The van der Waals surface area contributed by atoms with Crippen LogP contribution in [-0.2, 0) is 16.0 Å². The molecule has 0 saturated carbocycles. The number of amides is 1. The van der Waals surface area contributed by atoms with Gasteiger partial charge < -0.3 is 9.72 Å². The van der Waals surface area contributed by atoms with Crippen LogP contribution in [0.4, 0.5) is 0 Å². The second-order valence-electron chi connectivity index (χ2n) is 3.99. The normalized spacial score (nSPS) is 19.4. The number of hydrogen-bond acceptors (Lipinski definition) is 3. The summed E-state index contributed by atoms with van der Waals surface area (Å²) in [6.07, 6.45) is 1.75. The zero-order chi connectivity index (χ0) is 11.8. The summed E-state index contributed by atoms with van der Waals surface area (Å²) in [5.41, 5.74) is 2.06. The Morgan fingerprint density at radius 1 is 1.35 bits per heavy atom. The Kier molecular flexibility index (Phi) is 2.11. The monoisotopic (exact) mass is 229 g/mol. The molecule has 0 unspecified atom stereocenters. The summed E-state index contributed by atoms with van der Waals surface area (Å²) in [6.45, 7) is 0. The number of aromatic nitrogens is 1. The summed E-state index contributed by atoms with van der Waals surface area (Å²) in [4.78, 5) is 14.6. The Hall–Kier alpha value is -2.30. The summed E-state index contributed by atoms with van der Waals surface area (Å²) in [5.74, 6) is -0.250. The first-order chi connectivity index (χ1) is 8.24. The van der Waals surface area contributed by atoms with Crippen molar-refractivity contribution in [3.05, 3.63) is 36.0 Å². The van der Waals surface area contributed by atoms with Gasteiger partial charge in [0.2, 0.25) is 0 Å². The second-order valence-corrected chi connectivity index (χ2v) is 3.99. The zero-order valence-corrected chi connectivity index (χ0v) is 8.99. The summed E-state index contributed by atoms with van der Waals surface area (Å²) >= 11 is 0. The smallest absolute Gasteiger partial charge is 0.289 e. The van der Waals surface area contributed by atoms with Gasteiger partial charge >= 0.3 is 0 Å². The Morgan fingerprint density at radius 3 is 2.94 bits per heavy atom. The zero-order valence-electron chi connectivity index (χ0n) is 8.99. The first kappa shape index (κ1) is 9.89. The predicted molar refractivity (Wildman–Crippen MR) is 62.7 cm³/mol. The average Bonchev–Trinajstić information content (AvgIpc) is 2.85. The van der Waals surface area contributed by atoms with Gasteiger partial charge in [0.1, 0.15) is 0 Å². The summed E-state index contributed by atoms with van der Waals surface area (Å²) < 4.78 is 5.10. The molecule has 3 rings (SSSR count). The molecular weight excluding hydrogens is 218 g/mol. The van der Waals surface area contributed by atoms with Crippen LogP contribution in [0.1, 0.15) is 5.56 Å². The van der Waals surface area contributed by atoms with E-state index in [1.54, 1.807) is 0 Å². The quantitative estimate of drug-likeness (QED) is 0.722.